The Morgan fingerprint density at radius 2 is 2.00 bits per heavy atom. The third kappa shape index (κ3) is 3.60. The van der Waals surface area contributed by atoms with Crippen molar-refractivity contribution in [3.63, 3.8) is 0 Å². The normalized spacial score (nSPS) is 18.2. The summed E-state index contributed by atoms with van der Waals surface area (Å²) in [6, 6.07) is 8.00. The first-order valence-corrected chi connectivity index (χ1v) is 9.18. The summed E-state index contributed by atoms with van der Waals surface area (Å²) in [5, 5.41) is 8.54. The molecule has 1 fully saturated rings. The molecule has 0 amide bonds. The zero-order valence-corrected chi connectivity index (χ0v) is 15.2. The SMILES string of the molecule is S=C(N/N=C1/CCNc2cccnc21)N1CCN(c2cccnc2)CC1. The molecule has 134 valence electrons. The lowest BCUT2D eigenvalue weighted by atomic mass is 10.1. The Labute approximate surface area is 158 Å². The van der Waals surface area contributed by atoms with Gasteiger partial charge in [-0.15, -0.1) is 0 Å². The molecule has 0 unspecified atom stereocenters. The fourth-order valence-electron chi connectivity index (χ4n) is 3.22. The zero-order chi connectivity index (χ0) is 17.8. The van der Waals surface area contributed by atoms with Gasteiger partial charge in [-0.2, -0.15) is 5.10 Å². The van der Waals surface area contributed by atoms with Crippen molar-refractivity contribution in [1.82, 2.24) is 20.3 Å². The van der Waals surface area contributed by atoms with Gasteiger partial charge >= 0.3 is 0 Å². The van der Waals surface area contributed by atoms with E-state index < -0.39 is 0 Å². The average Bonchev–Trinajstić information content (AvgIpc) is 2.73. The molecule has 4 heterocycles. The van der Waals surface area contributed by atoms with Gasteiger partial charge in [0.15, 0.2) is 5.11 Å². The van der Waals surface area contributed by atoms with Gasteiger partial charge in [0.2, 0.25) is 0 Å². The standard InChI is InChI=1S/C18H21N7S/c26-18(23-22-16-5-8-20-15-4-2-7-21-17(15)16)25-11-9-24(10-12-25)14-3-1-6-19-13-14/h1-4,6-7,13,20H,5,8-12H2,(H,23,26)/b22-16-. The Bertz CT molecular complexity index is 800. The number of piperazine rings is 1. The molecule has 2 aliphatic heterocycles. The van der Waals surface area contributed by atoms with Gasteiger partial charge < -0.3 is 15.1 Å². The van der Waals surface area contributed by atoms with Crippen LogP contribution in [0.5, 0.6) is 0 Å². The van der Waals surface area contributed by atoms with Crippen molar-refractivity contribution in [1.29, 1.82) is 0 Å². The summed E-state index contributed by atoms with van der Waals surface area (Å²) >= 11 is 5.54. The van der Waals surface area contributed by atoms with Gasteiger partial charge in [0.1, 0.15) is 5.69 Å². The largest absolute Gasteiger partial charge is 0.383 e. The van der Waals surface area contributed by atoms with Crippen LogP contribution in [0.4, 0.5) is 11.4 Å². The van der Waals surface area contributed by atoms with Crippen molar-refractivity contribution in [3.8, 4) is 0 Å². The van der Waals surface area contributed by atoms with Gasteiger partial charge in [-0.25, -0.2) is 0 Å². The Morgan fingerprint density at radius 1 is 1.15 bits per heavy atom. The van der Waals surface area contributed by atoms with Crippen molar-refractivity contribution < 1.29 is 0 Å². The Balaban J connectivity index is 1.35. The van der Waals surface area contributed by atoms with Crippen LogP contribution in [0, 0.1) is 0 Å². The minimum absolute atomic E-state index is 0.666. The van der Waals surface area contributed by atoms with Crippen LogP contribution in [0.15, 0.2) is 48.0 Å². The number of hydrazone groups is 1. The molecule has 0 saturated carbocycles. The summed E-state index contributed by atoms with van der Waals surface area (Å²) in [6.45, 7) is 4.41. The zero-order valence-electron chi connectivity index (χ0n) is 14.4. The van der Waals surface area contributed by atoms with Gasteiger partial charge in [-0.1, -0.05) is 0 Å². The molecule has 8 heteroatoms. The van der Waals surface area contributed by atoms with E-state index in [0.717, 1.165) is 61.9 Å². The van der Waals surface area contributed by atoms with Crippen LogP contribution in [0.25, 0.3) is 0 Å². The molecule has 0 atom stereocenters. The highest BCUT2D eigenvalue weighted by Gasteiger charge is 2.20. The molecule has 0 radical (unpaired) electrons. The number of aromatic nitrogens is 2. The quantitative estimate of drug-likeness (QED) is 0.618. The predicted octanol–water partition coefficient (Wildman–Crippen LogP) is 1.69. The first-order valence-electron chi connectivity index (χ1n) is 8.77. The summed E-state index contributed by atoms with van der Waals surface area (Å²) in [6.07, 6.45) is 6.32. The maximum Gasteiger partial charge on any atom is 0.189 e. The maximum absolute atomic E-state index is 5.54. The number of hydrogen-bond acceptors (Lipinski definition) is 6. The topological polar surface area (TPSA) is 68.7 Å². The van der Waals surface area contributed by atoms with E-state index in [0.29, 0.717) is 5.11 Å². The molecule has 2 aromatic rings. The van der Waals surface area contributed by atoms with Crippen molar-refractivity contribution in [2.75, 3.05) is 42.9 Å². The van der Waals surface area contributed by atoms with Crippen LogP contribution >= 0.6 is 12.2 Å². The van der Waals surface area contributed by atoms with Crippen LogP contribution in [0.1, 0.15) is 12.1 Å². The van der Waals surface area contributed by atoms with Crippen molar-refractivity contribution >= 4 is 34.4 Å². The Kier molecular flexibility index (Phi) is 4.92. The van der Waals surface area contributed by atoms with Crippen molar-refractivity contribution in [3.05, 3.63) is 48.5 Å². The molecular formula is C18H21N7S. The van der Waals surface area contributed by atoms with E-state index in [2.05, 4.69) is 41.7 Å². The molecule has 4 rings (SSSR count). The molecule has 2 aliphatic rings. The van der Waals surface area contributed by atoms with Crippen molar-refractivity contribution in [2.45, 2.75) is 6.42 Å². The van der Waals surface area contributed by atoms with Gasteiger partial charge in [0.25, 0.3) is 0 Å². The smallest absolute Gasteiger partial charge is 0.189 e. The molecule has 26 heavy (non-hydrogen) atoms. The molecule has 0 bridgehead atoms. The lowest BCUT2D eigenvalue weighted by molar-refractivity contribution is 0.381. The third-order valence-corrected chi connectivity index (χ3v) is 4.97. The fraction of sp³-hybridized carbons (Fsp3) is 0.333. The maximum atomic E-state index is 5.54. The number of nitrogens with one attached hydrogen (secondary N) is 2. The molecule has 2 aromatic heterocycles. The lowest BCUT2D eigenvalue weighted by Crippen LogP contribution is -2.51. The minimum atomic E-state index is 0.666. The number of fused-ring (bicyclic) bond motifs is 1. The second-order valence-corrected chi connectivity index (χ2v) is 6.62. The summed E-state index contributed by atoms with van der Waals surface area (Å²) in [4.78, 5) is 13.1. The second kappa shape index (κ2) is 7.65. The van der Waals surface area contributed by atoms with Crippen LogP contribution in [-0.2, 0) is 0 Å². The number of nitrogens with zero attached hydrogens (tertiary/aromatic N) is 5. The molecule has 7 nitrogen and oxygen atoms in total. The highest BCUT2D eigenvalue weighted by molar-refractivity contribution is 7.80. The molecule has 0 aromatic carbocycles. The van der Waals surface area contributed by atoms with Gasteiger partial charge in [-0.05, 0) is 36.5 Å². The molecule has 0 aliphatic carbocycles. The van der Waals surface area contributed by atoms with E-state index in [1.54, 1.807) is 12.4 Å². The first kappa shape index (κ1) is 16.7. The summed E-state index contributed by atoms with van der Waals surface area (Å²) in [7, 11) is 0. The van der Waals surface area contributed by atoms with E-state index in [-0.39, 0.29) is 0 Å². The van der Waals surface area contributed by atoms with Crippen LogP contribution in [0.2, 0.25) is 0 Å². The number of rotatable bonds is 2. The first-order chi connectivity index (χ1) is 12.8. The van der Waals surface area contributed by atoms with Crippen LogP contribution in [0.3, 0.4) is 0 Å². The van der Waals surface area contributed by atoms with E-state index in [4.69, 9.17) is 12.2 Å². The molecule has 1 saturated heterocycles. The van der Waals surface area contributed by atoms with E-state index in [1.807, 2.05) is 24.4 Å². The highest BCUT2D eigenvalue weighted by Crippen LogP contribution is 2.19. The van der Waals surface area contributed by atoms with Crippen LogP contribution < -0.4 is 15.6 Å². The summed E-state index contributed by atoms with van der Waals surface area (Å²) in [5.74, 6) is 0. The van der Waals surface area contributed by atoms with Gasteiger partial charge in [0, 0.05) is 51.5 Å². The average molecular weight is 367 g/mol. The van der Waals surface area contributed by atoms with E-state index >= 15 is 0 Å². The van der Waals surface area contributed by atoms with Gasteiger partial charge in [-0.3, -0.25) is 15.4 Å². The minimum Gasteiger partial charge on any atom is -0.383 e. The van der Waals surface area contributed by atoms with E-state index in [1.165, 1.54) is 0 Å². The monoisotopic (exact) mass is 367 g/mol. The highest BCUT2D eigenvalue weighted by atomic mass is 32.1. The number of pyridine rings is 2. The lowest BCUT2D eigenvalue weighted by Gasteiger charge is -2.36. The molecule has 2 N–H and O–H groups in total. The Morgan fingerprint density at radius 3 is 2.81 bits per heavy atom. The fourth-order valence-corrected chi connectivity index (χ4v) is 3.44. The third-order valence-electron chi connectivity index (χ3n) is 4.62. The predicted molar refractivity (Wildman–Crippen MR) is 108 cm³/mol. The number of hydrogen-bond donors (Lipinski definition) is 2. The number of thiocarbonyl (C=S) groups is 1. The van der Waals surface area contributed by atoms with Crippen LogP contribution in [-0.4, -0.2) is 58.4 Å². The van der Waals surface area contributed by atoms with E-state index in [9.17, 15) is 0 Å². The van der Waals surface area contributed by atoms with Crippen molar-refractivity contribution in [2.24, 2.45) is 5.10 Å². The van der Waals surface area contributed by atoms with Gasteiger partial charge in [0.05, 0.1) is 23.3 Å². The summed E-state index contributed by atoms with van der Waals surface area (Å²) < 4.78 is 0. The molecule has 0 spiro atoms. The molecular weight excluding hydrogens is 346 g/mol. The number of anilines is 2. The summed E-state index contributed by atoms with van der Waals surface area (Å²) in [5.41, 5.74) is 7.08. The Hall–Kier alpha value is -2.74. The second-order valence-electron chi connectivity index (χ2n) is 6.24.